The van der Waals surface area contributed by atoms with Crippen LogP contribution in [-0.2, 0) is 5.41 Å². The molecule has 0 amide bonds. The van der Waals surface area contributed by atoms with Crippen LogP contribution in [0.4, 0.5) is 0 Å². The number of terminal acetylenes is 1. The van der Waals surface area contributed by atoms with Gasteiger partial charge in [0.1, 0.15) is 0 Å². The molecule has 0 bridgehead atoms. The van der Waals surface area contributed by atoms with Crippen molar-refractivity contribution in [2.24, 2.45) is 0 Å². The van der Waals surface area contributed by atoms with E-state index in [9.17, 15) is 0 Å². The fourth-order valence-electron chi connectivity index (χ4n) is 3.66. The third-order valence-electron chi connectivity index (χ3n) is 4.75. The van der Waals surface area contributed by atoms with Gasteiger partial charge in [0.15, 0.2) is 0 Å². The maximum absolute atomic E-state index is 5.67. The summed E-state index contributed by atoms with van der Waals surface area (Å²) in [4.78, 5) is 0. The van der Waals surface area contributed by atoms with E-state index in [0.29, 0.717) is 0 Å². The average molecular weight is 345 g/mol. The largest absolute Gasteiger partial charge is 0.120 e. The first-order chi connectivity index (χ1) is 12.2. The Kier molecular flexibility index (Phi) is 7.66. The van der Waals surface area contributed by atoms with Crippen molar-refractivity contribution in [3.63, 3.8) is 0 Å². The first kappa shape index (κ1) is 21.5. The monoisotopic (exact) mass is 344 g/mol. The summed E-state index contributed by atoms with van der Waals surface area (Å²) in [6.07, 6.45) is 6.40. The molecule has 3 aromatic rings. The van der Waals surface area contributed by atoms with E-state index in [4.69, 9.17) is 6.42 Å². The smallest absolute Gasteiger partial charge is 0.0296 e. The van der Waals surface area contributed by atoms with Crippen LogP contribution >= 0.6 is 0 Å². The number of hydrogen-bond donors (Lipinski definition) is 0. The van der Waals surface area contributed by atoms with E-state index in [1.807, 2.05) is 27.7 Å². The van der Waals surface area contributed by atoms with Gasteiger partial charge in [0.2, 0.25) is 0 Å². The van der Waals surface area contributed by atoms with Gasteiger partial charge >= 0.3 is 0 Å². The minimum Gasteiger partial charge on any atom is -0.120 e. The van der Waals surface area contributed by atoms with Gasteiger partial charge in [-0.1, -0.05) is 90.6 Å². The SMILES string of the molecule is C.C#CCC1(C)c2ccccc2-c2cc3ccccc3cc21.CC.CC. The molecular formula is C26H32. The standard InChI is InChI=1S/C21H16.2C2H6.CH4/c1-3-12-21(2)19-11-7-6-10-17(19)18-13-15-8-4-5-9-16(15)14-20(18)21;2*1-2;/h1,4-11,13-14H,12H2,2H3;2*1-2H3;1H4. The number of fused-ring (bicyclic) bond motifs is 4. The van der Waals surface area contributed by atoms with E-state index in [1.165, 1.54) is 33.0 Å². The molecule has 0 fully saturated rings. The Bertz CT molecular complexity index is 895. The molecule has 26 heavy (non-hydrogen) atoms. The van der Waals surface area contributed by atoms with Crippen molar-refractivity contribution in [1.82, 2.24) is 0 Å². The Balaban J connectivity index is 0.000000635. The van der Waals surface area contributed by atoms with E-state index >= 15 is 0 Å². The molecule has 0 nitrogen and oxygen atoms in total. The topological polar surface area (TPSA) is 0 Å². The first-order valence-corrected chi connectivity index (χ1v) is 9.31. The third kappa shape index (κ3) is 3.40. The van der Waals surface area contributed by atoms with Gasteiger partial charge in [-0.3, -0.25) is 0 Å². The zero-order valence-electron chi connectivity index (χ0n) is 16.1. The molecule has 0 N–H and O–H groups in total. The van der Waals surface area contributed by atoms with Crippen molar-refractivity contribution in [3.05, 3.63) is 71.8 Å². The van der Waals surface area contributed by atoms with Crippen LogP contribution in [-0.4, -0.2) is 0 Å². The predicted octanol–water partition coefficient (Wildman–Crippen LogP) is 7.84. The molecule has 0 heterocycles. The normalized spacial score (nSPS) is 15.8. The summed E-state index contributed by atoms with van der Waals surface area (Å²) >= 11 is 0. The molecule has 136 valence electrons. The highest BCUT2D eigenvalue weighted by molar-refractivity contribution is 5.93. The lowest BCUT2D eigenvalue weighted by Gasteiger charge is -2.25. The maximum Gasteiger partial charge on any atom is 0.0296 e. The van der Waals surface area contributed by atoms with Gasteiger partial charge in [-0.15, -0.1) is 12.3 Å². The highest BCUT2D eigenvalue weighted by atomic mass is 14.4. The second-order valence-electron chi connectivity index (χ2n) is 6.00. The maximum atomic E-state index is 5.67. The highest BCUT2D eigenvalue weighted by Gasteiger charge is 2.38. The molecule has 0 aromatic heterocycles. The van der Waals surface area contributed by atoms with Crippen molar-refractivity contribution in [1.29, 1.82) is 0 Å². The summed E-state index contributed by atoms with van der Waals surface area (Å²) in [5.41, 5.74) is 5.30. The van der Waals surface area contributed by atoms with Crippen molar-refractivity contribution >= 4 is 10.8 Å². The van der Waals surface area contributed by atoms with Crippen LogP contribution in [0.5, 0.6) is 0 Å². The molecular weight excluding hydrogens is 312 g/mol. The van der Waals surface area contributed by atoms with E-state index in [0.717, 1.165) is 6.42 Å². The molecule has 0 heteroatoms. The number of benzene rings is 3. The van der Waals surface area contributed by atoms with Crippen LogP contribution in [0.25, 0.3) is 21.9 Å². The van der Waals surface area contributed by atoms with Crippen LogP contribution in [0.3, 0.4) is 0 Å². The van der Waals surface area contributed by atoms with Gasteiger partial charge < -0.3 is 0 Å². The summed E-state index contributed by atoms with van der Waals surface area (Å²) < 4.78 is 0. The molecule has 1 aliphatic carbocycles. The van der Waals surface area contributed by atoms with Crippen LogP contribution in [0.2, 0.25) is 0 Å². The summed E-state index contributed by atoms with van der Waals surface area (Å²) in [7, 11) is 0. The van der Waals surface area contributed by atoms with Crippen molar-refractivity contribution in [3.8, 4) is 23.5 Å². The van der Waals surface area contributed by atoms with Gasteiger partial charge in [0, 0.05) is 11.8 Å². The minimum atomic E-state index is -0.0787. The summed E-state index contributed by atoms with van der Waals surface area (Å²) in [5, 5.41) is 2.57. The van der Waals surface area contributed by atoms with Crippen molar-refractivity contribution in [2.75, 3.05) is 0 Å². The Labute approximate surface area is 160 Å². The zero-order valence-corrected chi connectivity index (χ0v) is 16.1. The molecule has 1 aliphatic rings. The second-order valence-corrected chi connectivity index (χ2v) is 6.00. The van der Waals surface area contributed by atoms with Gasteiger partial charge in [-0.05, 0) is 45.2 Å². The van der Waals surface area contributed by atoms with Gasteiger partial charge in [-0.2, -0.15) is 0 Å². The Morgan fingerprint density at radius 2 is 1.31 bits per heavy atom. The molecule has 0 saturated carbocycles. The molecule has 4 rings (SSSR count). The minimum absolute atomic E-state index is 0. The van der Waals surface area contributed by atoms with E-state index in [-0.39, 0.29) is 12.8 Å². The fourth-order valence-corrected chi connectivity index (χ4v) is 3.66. The van der Waals surface area contributed by atoms with Gasteiger partial charge in [0.05, 0.1) is 0 Å². The molecule has 1 unspecified atom stereocenters. The van der Waals surface area contributed by atoms with E-state index in [1.54, 1.807) is 0 Å². The predicted molar refractivity (Wildman–Crippen MR) is 119 cm³/mol. The van der Waals surface area contributed by atoms with Crippen molar-refractivity contribution < 1.29 is 0 Å². The van der Waals surface area contributed by atoms with Crippen LogP contribution < -0.4 is 0 Å². The Morgan fingerprint density at radius 1 is 0.769 bits per heavy atom. The van der Waals surface area contributed by atoms with E-state index in [2.05, 4.69) is 73.5 Å². The zero-order chi connectivity index (χ0) is 18.4. The first-order valence-electron chi connectivity index (χ1n) is 9.31. The molecule has 0 spiro atoms. The highest BCUT2D eigenvalue weighted by Crippen LogP contribution is 2.51. The Hall–Kier alpha value is -2.52. The molecule has 0 aliphatic heterocycles. The summed E-state index contributed by atoms with van der Waals surface area (Å²) in [6, 6.07) is 21.8. The van der Waals surface area contributed by atoms with Gasteiger partial charge in [0.25, 0.3) is 0 Å². The van der Waals surface area contributed by atoms with Crippen molar-refractivity contribution in [2.45, 2.75) is 53.9 Å². The average Bonchev–Trinajstić information content (AvgIpc) is 2.92. The Morgan fingerprint density at radius 3 is 1.92 bits per heavy atom. The molecule has 0 saturated heterocycles. The lowest BCUT2D eigenvalue weighted by atomic mass is 9.77. The van der Waals surface area contributed by atoms with Gasteiger partial charge in [-0.25, -0.2) is 0 Å². The second kappa shape index (κ2) is 9.25. The molecule has 0 radical (unpaired) electrons. The molecule has 1 atom stereocenters. The lowest BCUT2D eigenvalue weighted by molar-refractivity contribution is 0.608. The summed E-state index contributed by atoms with van der Waals surface area (Å²) in [6.45, 7) is 10.3. The van der Waals surface area contributed by atoms with Crippen LogP contribution in [0, 0.1) is 12.3 Å². The van der Waals surface area contributed by atoms with Crippen LogP contribution in [0.1, 0.15) is 59.6 Å². The summed E-state index contributed by atoms with van der Waals surface area (Å²) in [5.74, 6) is 2.88. The quantitative estimate of drug-likeness (QED) is 0.394. The fraction of sp³-hybridized carbons (Fsp3) is 0.308. The number of rotatable bonds is 1. The third-order valence-corrected chi connectivity index (χ3v) is 4.75. The van der Waals surface area contributed by atoms with E-state index < -0.39 is 0 Å². The lowest BCUT2D eigenvalue weighted by Crippen LogP contribution is -2.19. The molecule has 3 aromatic carbocycles. The number of hydrogen-bond acceptors (Lipinski definition) is 0. The van der Waals surface area contributed by atoms with Crippen LogP contribution in [0.15, 0.2) is 60.7 Å².